The minimum atomic E-state index is -0.942. The highest BCUT2D eigenvalue weighted by molar-refractivity contribution is 6.59. The second-order valence-electron chi connectivity index (χ2n) is 4.92. The Hall–Kier alpha value is 0.0969. The lowest BCUT2D eigenvalue weighted by molar-refractivity contribution is -0.0476. The molecule has 0 fully saturated rings. The van der Waals surface area contributed by atoms with E-state index in [9.17, 15) is 0 Å². The summed E-state index contributed by atoms with van der Waals surface area (Å²) in [7, 11) is 2.53. The zero-order valence-corrected chi connectivity index (χ0v) is 12.0. The fourth-order valence-corrected chi connectivity index (χ4v) is 4.68. The predicted molar refractivity (Wildman–Crippen MR) is 67.7 cm³/mol. The highest BCUT2D eigenvalue weighted by atomic mass is 28.3. The van der Waals surface area contributed by atoms with Crippen LogP contribution in [-0.4, -0.2) is 35.5 Å². The molecule has 1 atom stereocenters. The summed E-state index contributed by atoms with van der Waals surface area (Å²) in [5.74, 6) is 0.0589. The van der Waals surface area contributed by atoms with E-state index < -0.39 is 8.80 Å². The van der Waals surface area contributed by atoms with Gasteiger partial charge in [0.2, 0.25) is 0 Å². The zero-order chi connectivity index (χ0) is 11.9. The van der Waals surface area contributed by atoms with E-state index >= 15 is 0 Å². The number of ether oxygens (including phenoxy) is 2. The van der Waals surface area contributed by atoms with Gasteiger partial charge in [-0.15, -0.1) is 0 Å². The van der Waals surface area contributed by atoms with Crippen molar-refractivity contribution in [1.82, 2.24) is 0 Å². The summed E-state index contributed by atoms with van der Waals surface area (Å²) in [6.07, 6.45) is 1.18. The van der Waals surface area contributed by atoms with Crippen LogP contribution < -0.4 is 5.73 Å². The Balaban J connectivity index is 4.10. The third kappa shape index (κ3) is 5.66. The highest BCUT2D eigenvalue weighted by Gasteiger charge is 2.24. The monoisotopic (exact) mass is 233 g/mol. The van der Waals surface area contributed by atoms with Gasteiger partial charge in [-0.2, -0.15) is 0 Å². The fourth-order valence-electron chi connectivity index (χ4n) is 1.69. The minimum Gasteiger partial charge on any atom is -0.360 e. The first-order chi connectivity index (χ1) is 7.00. The van der Waals surface area contributed by atoms with Crippen molar-refractivity contribution >= 4 is 8.80 Å². The van der Waals surface area contributed by atoms with E-state index in [1.54, 1.807) is 14.2 Å². The van der Waals surface area contributed by atoms with Crippen molar-refractivity contribution in [2.75, 3.05) is 20.8 Å². The van der Waals surface area contributed by atoms with E-state index in [2.05, 4.69) is 20.8 Å². The molecule has 4 heteroatoms. The third-order valence-corrected chi connectivity index (χ3v) is 6.51. The Morgan fingerprint density at radius 1 is 1.27 bits per heavy atom. The van der Waals surface area contributed by atoms with Crippen LogP contribution in [-0.2, 0) is 9.47 Å². The zero-order valence-electron chi connectivity index (χ0n) is 10.9. The summed E-state index contributed by atoms with van der Waals surface area (Å²) in [5, 5.41) is 0. The van der Waals surface area contributed by atoms with Gasteiger partial charge in [-0.25, -0.2) is 0 Å². The van der Waals surface area contributed by atoms with Crippen LogP contribution in [0.3, 0.4) is 0 Å². The standard InChI is InChI=1S/C11H27NO2Si/c1-6-15(10(13-4)14-5)8-7-11(2,3)9-12/h10,15H,6-9,12H2,1-5H3. The molecule has 92 valence electrons. The smallest absolute Gasteiger partial charge is 0.137 e. The number of hydrogen-bond donors (Lipinski definition) is 1. The molecule has 0 spiro atoms. The summed E-state index contributed by atoms with van der Waals surface area (Å²) >= 11 is 0. The molecule has 0 rings (SSSR count). The molecule has 15 heavy (non-hydrogen) atoms. The van der Waals surface area contributed by atoms with Crippen molar-refractivity contribution in [3.05, 3.63) is 0 Å². The van der Waals surface area contributed by atoms with Gasteiger partial charge in [0.15, 0.2) is 0 Å². The van der Waals surface area contributed by atoms with Gasteiger partial charge in [0, 0.05) is 14.2 Å². The lowest BCUT2D eigenvalue weighted by Gasteiger charge is -2.27. The molecule has 0 aromatic rings. The van der Waals surface area contributed by atoms with Crippen molar-refractivity contribution in [2.45, 2.75) is 45.2 Å². The summed E-state index contributed by atoms with van der Waals surface area (Å²) in [6, 6.07) is 2.46. The summed E-state index contributed by atoms with van der Waals surface area (Å²) in [5.41, 5.74) is 5.98. The maximum Gasteiger partial charge on any atom is 0.137 e. The van der Waals surface area contributed by atoms with Gasteiger partial charge >= 0.3 is 0 Å². The molecule has 0 aliphatic heterocycles. The van der Waals surface area contributed by atoms with Crippen LogP contribution >= 0.6 is 0 Å². The first kappa shape index (κ1) is 15.1. The molecule has 0 saturated heterocycles. The molecule has 0 aliphatic carbocycles. The number of nitrogens with two attached hydrogens (primary N) is 1. The topological polar surface area (TPSA) is 44.5 Å². The van der Waals surface area contributed by atoms with Gasteiger partial charge < -0.3 is 15.2 Å². The van der Waals surface area contributed by atoms with Gasteiger partial charge in [-0.05, 0) is 18.4 Å². The molecule has 0 heterocycles. The van der Waals surface area contributed by atoms with Crippen LogP contribution in [0, 0.1) is 5.41 Å². The maximum absolute atomic E-state index is 5.73. The first-order valence-electron chi connectivity index (χ1n) is 5.76. The lowest BCUT2D eigenvalue weighted by Crippen LogP contribution is -2.35. The van der Waals surface area contributed by atoms with Crippen molar-refractivity contribution in [3.63, 3.8) is 0 Å². The third-order valence-electron chi connectivity index (χ3n) is 3.12. The van der Waals surface area contributed by atoms with Crippen LogP contribution in [0.5, 0.6) is 0 Å². The minimum absolute atomic E-state index is 0.0589. The van der Waals surface area contributed by atoms with Gasteiger partial charge in [0.25, 0.3) is 0 Å². The normalized spacial score (nSPS) is 14.6. The van der Waals surface area contributed by atoms with Gasteiger partial charge in [-0.1, -0.05) is 32.9 Å². The number of hydrogen-bond acceptors (Lipinski definition) is 3. The van der Waals surface area contributed by atoms with E-state index in [4.69, 9.17) is 15.2 Å². The molecule has 3 nitrogen and oxygen atoms in total. The van der Waals surface area contributed by atoms with Crippen LogP contribution in [0.25, 0.3) is 0 Å². The highest BCUT2D eigenvalue weighted by Crippen LogP contribution is 2.24. The molecule has 2 N–H and O–H groups in total. The molecule has 0 aliphatic rings. The molecule has 0 saturated carbocycles. The van der Waals surface area contributed by atoms with E-state index in [-0.39, 0.29) is 11.3 Å². The quantitative estimate of drug-likeness (QED) is 0.513. The summed E-state index contributed by atoms with van der Waals surface area (Å²) in [6.45, 7) is 7.44. The molecule has 1 unspecified atom stereocenters. The van der Waals surface area contributed by atoms with Crippen molar-refractivity contribution in [2.24, 2.45) is 11.1 Å². The molecule has 0 amide bonds. The van der Waals surface area contributed by atoms with Crippen LogP contribution in [0.2, 0.25) is 12.1 Å². The molecule has 0 bridgehead atoms. The Morgan fingerprint density at radius 2 is 1.80 bits per heavy atom. The Kier molecular flexibility index (Phi) is 7.43. The summed E-state index contributed by atoms with van der Waals surface area (Å²) < 4.78 is 10.7. The van der Waals surface area contributed by atoms with Crippen molar-refractivity contribution < 1.29 is 9.47 Å². The largest absolute Gasteiger partial charge is 0.360 e. The second kappa shape index (κ2) is 7.38. The number of rotatable bonds is 8. The second-order valence-corrected chi connectivity index (χ2v) is 8.37. The SMILES string of the molecule is CC[SiH](CCC(C)(C)CN)C(OC)OC. The van der Waals surface area contributed by atoms with E-state index in [1.807, 2.05) is 0 Å². The van der Waals surface area contributed by atoms with E-state index in [0.29, 0.717) is 0 Å². The van der Waals surface area contributed by atoms with Crippen LogP contribution in [0.4, 0.5) is 0 Å². The Morgan fingerprint density at radius 3 is 2.13 bits per heavy atom. The van der Waals surface area contributed by atoms with Gasteiger partial charge in [-0.3, -0.25) is 0 Å². The van der Waals surface area contributed by atoms with Crippen molar-refractivity contribution in [3.8, 4) is 0 Å². The van der Waals surface area contributed by atoms with Crippen LogP contribution in [0.1, 0.15) is 27.2 Å². The number of methoxy groups -OCH3 is 2. The molecular weight excluding hydrogens is 206 g/mol. The fraction of sp³-hybridized carbons (Fsp3) is 1.00. The van der Waals surface area contributed by atoms with Gasteiger partial charge in [0.05, 0.1) is 0 Å². The van der Waals surface area contributed by atoms with E-state index in [0.717, 1.165) is 6.54 Å². The summed E-state index contributed by atoms with van der Waals surface area (Å²) in [4.78, 5) is 0. The van der Waals surface area contributed by atoms with E-state index in [1.165, 1.54) is 18.5 Å². The molecule has 0 aromatic carbocycles. The lowest BCUT2D eigenvalue weighted by atomic mass is 9.91. The van der Waals surface area contributed by atoms with Gasteiger partial charge in [0.1, 0.15) is 14.7 Å². The molecular formula is C11H27NO2Si. The van der Waals surface area contributed by atoms with Crippen molar-refractivity contribution in [1.29, 1.82) is 0 Å². The average molecular weight is 233 g/mol. The molecule has 0 aromatic heterocycles. The first-order valence-corrected chi connectivity index (χ1v) is 8.06. The van der Waals surface area contributed by atoms with Crippen LogP contribution in [0.15, 0.2) is 0 Å². The molecule has 0 radical (unpaired) electrons. The average Bonchev–Trinajstić information content (AvgIpc) is 2.24. The maximum atomic E-state index is 5.73. The predicted octanol–water partition coefficient (Wildman–Crippen LogP) is 1.77. The Labute approximate surface area is 95.9 Å². The Bertz CT molecular complexity index is 161.